The lowest BCUT2D eigenvalue weighted by Gasteiger charge is -2.38. The molecule has 2 heterocycles. The van der Waals surface area contributed by atoms with Crippen LogP contribution in [0.3, 0.4) is 0 Å². The quantitative estimate of drug-likeness (QED) is 0.576. The molecule has 4 heteroatoms. The molecule has 3 nitrogen and oxygen atoms in total. The van der Waals surface area contributed by atoms with E-state index in [0.29, 0.717) is 5.92 Å². The molecule has 4 unspecified atom stereocenters. The molecule has 0 radical (unpaired) electrons. The molecule has 3 rings (SSSR count). The Balaban J connectivity index is 1.79. The molecule has 3 aliphatic rings. The van der Waals surface area contributed by atoms with Crippen molar-refractivity contribution in [1.29, 1.82) is 0 Å². The third kappa shape index (κ3) is 2.18. The van der Waals surface area contributed by atoms with Gasteiger partial charge in [-0.2, -0.15) is 0 Å². The van der Waals surface area contributed by atoms with E-state index in [1.807, 2.05) is 6.92 Å². The second-order valence-corrected chi connectivity index (χ2v) is 6.78. The topological polar surface area (TPSA) is 38.7 Å². The smallest absolute Gasteiger partial charge is 0.110 e. The summed E-state index contributed by atoms with van der Waals surface area (Å²) in [5.41, 5.74) is 1.13. The summed E-state index contributed by atoms with van der Waals surface area (Å²) in [6, 6.07) is 0. The van der Waals surface area contributed by atoms with Gasteiger partial charge < -0.3 is 14.6 Å². The highest BCUT2D eigenvalue weighted by Crippen LogP contribution is 2.42. The number of allylic oxidation sites excluding steroid dienone is 2. The van der Waals surface area contributed by atoms with Crippen molar-refractivity contribution in [3.63, 3.8) is 0 Å². The van der Waals surface area contributed by atoms with Crippen LogP contribution in [0.2, 0.25) is 0 Å². The van der Waals surface area contributed by atoms with Gasteiger partial charge in [0.2, 0.25) is 0 Å². The molecular weight excluding hydrogens is 343 g/mol. The van der Waals surface area contributed by atoms with Crippen LogP contribution in [0.25, 0.3) is 0 Å². The zero-order valence-electron chi connectivity index (χ0n) is 10.6. The minimum atomic E-state index is -0.330. The molecule has 18 heavy (non-hydrogen) atoms. The van der Waals surface area contributed by atoms with E-state index in [2.05, 4.69) is 28.7 Å². The predicted octanol–water partition coefficient (Wildman–Crippen LogP) is 2.93. The number of hydrogen-bond donors (Lipinski definition) is 1. The molecule has 1 aliphatic carbocycles. The molecule has 1 N–H and O–H groups in total. The van der Waals surface area contributed by atoms with Crippen molar-refractivity contribution in [3.05, 3.63) is 23.2 Å². The van der Waals surface area contributed by atoms with Gasteiger partial charge in [-0.1, -0.05) is 22.6 Å². The molecule has 2 aliphatic heterocycles. The van der Waals surface area contributed by atoms with Crippen LogP contribution < -0.4 is 0 Å². The molecule has 0 aromatic heterocycles. The maximum atomic E-state index is 10.3. The summed E-state index contributed by atoms with van der Waals surface area (Å²) in [4.78, 5) is 0. The van der Waals surface area contributed by atoms with Crippen LogP contribution in [0, 0.1) is 5.92 Å². The molecule has 0 spiro atoms. The summed E-state index contributed by atoms with van der Waals surface area (Å²) < 4.78 is 11.8. The zero-order valence-corrected chi connectivity index (χ0v) is 12.7. The first-order valence-electron chi connectivity index (χ1n) is 6.70. The number of halogens is 1. The van der Waals surface area contributed by atoms with Gasteiger partial charge in [0.1, 0.15) is 6.10 Å². The van der Waals surface area contributed by atoms with E-state index in [0.717, 1.165) is 49.4 Å². The molecule has 0 saturated carbocycles. The van der Waals surface area contributed by atoms with Gasteiger partial charge >= 0.3 is 0 Å². The number of hydrogen-bond acceptors (Lipinski definition) is 3. The first-order valence-corrected chi connectivity index (χ1v) is 7.95. The SMILES string of the molecule is CC1OC2=C(CCC(C3=CCCO3)C2)C(O)C1I. The fourth-order valence-electron chi connectivity index (χ4n) is 3.07. The van der Waals surface area contributed by atoms with Crippen molar-refractivity contribution in [2.45, 2.75) is 48.7 Å². The summed E-state index contributed by atoms with van der Waals surface area (Å²) in [5.74, 6) is 2.62. The third-order valence-corrected chi connectivity index (χ3v) is 5.82. The Morgan fingerprint density at radius 3 is 3.00 bits per heavy atom. The summed E-state index contributed by atoms with van der Waals surface area (Å²) >= 11 is 2.30. The molecule has 0 amide bonds. The van der Waals surface area contributed by atoms with Gasteiger partial charge in [0.15, 0.2) is 0 Å². The van der Waals surface area contributed by atoms with Crippen LogP contribution in [0.15, 0.2) is 23.2 Å². The Kier molecular flexibility index (Phi) is 3.58. The summed E-state index contributed by atoms with van der Waals surface area (Å²) in [5, 5.41) is 10.3. The van der Waals surface area contributed by atoms with E-state index in [1.54, 1.807) is 0 Å². The zero-order chi connectivity index (χ0) is 12.7. The average Bonchev–Trinajstić information content (AvgIpc) is 2.89. The highest BCUT2D eigenvalue weighted by Gasteiger charge is 2.38. The van der Waals surface area contributed by atoms with Crippen molar-refractivity contribution >= 4 is 22.6 Å². The van der Waals surface area contributed by atoms with E-state index in [1.165, 1.54) is 0 Å². The molecule has 0 saturated heterocycles. The van der Waals surface area contributed by atoms with Crippen LogP contribution in [0.4, 0.5) is 0 Å². The largest absolute Gasteiger partial charge is 0.498 e. The van der Waals surface area contributed by atoms with E-state index >= 15 is 0 Å². The summed E-state index contributed by atoms with van der Waals surface area (Å²) in [6.45, 7) is 2.87. The Bertz CT molecular complexity index is 402. The molecule has 0 bridgehead atoms. The highest BCUT2D eigenvalue weighted by atomic mass is 127. The fraction of sp³-hybridized carbons (Fsp3) is 0.714. The van der Waals surface area contributed by atoms with Gasteiger partial charge in [-0.3, -0.25) is 0 Å². The van der Waals surface area contributed by atoms with Crippen LogP contribution in [-0.4, -0.2) is 27.8 Å². The number of rotatable bonds is 1. The second-order valence-electron chi connectivity index (χ2n) is 5.34. The highest BCUT2D eigenvalue weighted by molar-refractivity contribution is 14.1. The lowest BCUT2D eigenvalue weighted by molar-refractivity contribution is 0.0387. The van der Waals surface area contributed by atoms with Crippen LogP contribution in [-0.2, 0) is 9.47 Å². The number of alkyl halides is 1. The Labute approximate surface area is 121 Å². The van der Waals surface area contributed by atoms with Crippen LogP contribution >= 0.6 is 22.6 Å². The van der Waals surface area contributed by atoms with Crippen LogP contribution in [0.1, 0.15) is 32.6 Å². The van der Waals surface area contributed by atoms with Crippen molar-refractivity contribution < 1.29 is 14.6 Å². The van der Waals surface area contributed by atoms with Crippen molar-refractivity contribution in [1.82, 2.24) is 0 Å². The van der Waals surface area contributed by atoms with Gasteiger partial charge in [0.05, 0.1) is 28.2 Å². The third-order valence-electron chi connectivity index (χ3n) is 4.12. The minimum Gasteiger partial charge on any atom is -0.498 e. The maximum Gasteiger partial charge on any atom is 0.110 e. The normalized spacial score (nSPS) is 39.8. The molecule has 0 fully saturated rings. The van der Waals surface area contributed by atoms with Crippen molar-refractivity contribution in [2.75, 3.05) is 6.61 Å². The second kappa shape index (κ2) is 5.04. The average molecular weight is 362 g/mol. The lowest BCUT2D eigenvalue weighted by Crippen LogP contribution is -2.40. The van der Waals surface area contributed by atoms with Crippen molar-refractivity contribution in [2.24, 2.45) is 5.92 Å². The Morgan fingerprint density at radius 1 is 1.44 bits per heavy atom. The number of aliphatic hydroxyl groups excluding tert-OH is 1. The summed E-state index contributed by atoms with van der Waals surface area (Å²) in [6.07, 6.45) is 5.91. The maximum absolute atomic E-state index is 10.3. The number of aliphatic hydroxyl groups is 1. The lowest BCUT2D eigenvalue weighted by atomic mass is 9.82. The minimum absolute atomic E-state index is 0.0941. The predicted molar refractivity (Wildman–Crippen MR) is 77.4 cm³/mol. The molecule has 100 valence electrons. The first kappa shape index (κ1) is 12.8. The van der Waals surface area contributed by atoms with Gasteiger partial charge in [0.25, 0.3) is 0 Å². The van der Waals surface area contributed by atoms with E-state index in [4.69, 9.17) is 9.47 Å². The molecule has 0 aromatic carbocycles. The fourth-order valence-corrected chi connectivity index (χ4v) is 3.65. The molecule has 0 aromatic rings. The first-order chi connectivity index (χ1) is 8.66. The summed E-state index contributed by atoms with van der Waals surface area (Å²) in [7, 11) is 0. The van der Waals surface area contributed by atoms with E-state index in [-0.39, 0.29) is 16.1 Å². The standard InChI is InChI=1S/C14H19IO3/c1-8-13(15)14(16)10-5-4-9(7-12(10)18-8)11-3-2-6-17-11/h3,8-9,13-14,16H,2,4-7H2,1H3. The molecule has 4 atom stereocenters. The Morgan fingerprint density at radius 2 is 2.28 bits per heavy atom. The monoisotopic (exact) mass is 362 g/mol. The van der Waals surface area contributed by atoms with Gasteiger partial charge in [0, 0.05) is 18.8 Å². The van der Waals surface area contributed by atoms with E-state index < -0.39 is 0 Å². The number of ether oxygens (including phenoxy) is 2. The van der Waals surface area contributed by atoms with Gasteiger partial charge in [-0.15, -0.1) is 0 Å². The molecular formula is C14H19IO3. The van der Waals surface area contributed by atoms with Gasteiger partial charge in [-0.05, 0) is 31.4 Å². The van der Waals surface area contributed by atoms with Crippen molar-refractivity contribution in [3.8, 4) is 0 Å². The van der Waals surface area contributed by atoms with Gasteiger partial charge in [-0.25, -0.2) is 0 Å². The Hall–Kier alpha value is -0.230. The van der Waals surface area contributed by atoms with Crippen LogP contribution in [0.5, 0.6) is 0 Å². The van der Waals surface area contributed by atoms with E-state index in [9.17, 15) is 5.11 Å².